The number of hydrogen-bond acceptors (Lipinski definition) is 2. The second-order valence-electron chi connectivity index (χ2n) is 4.94. The van der Waals surface area contributed by atoms with Gasteiger partial charge in [0, 0.05) is 13.2 Å². The highest BCUT2D eigenvalue weighted by molar-refractivity contribution is 5.94. The van der Waals surface area contributed by atoms with Gasteiger partial charge in [-0.2, -0.15) is 13.2 Å². The molecule has 1 saturated carbocycles. The highest BCUT2D eigenvalue weighted by atomic mass is 19.4. The lowest BCUT2D eigenvalue weighted by Crippen LogP contribution is -2.29. The quantitative estimate of drug-likeness (QED) is 0.648. The van der Waals surface area contributed by atoms with Crippen molar-refractivity contribution in [3.63, 3.8) is 0 Å². The summed E-state index contributed by atoms with van der Waals surface area (Å²) in [5, 5.41) is 2.34. The molecule has 1 aromatic carbocycles. The zero-order valence-corrected chi connectivity index (χ0v) is 11.2. The molecule has 1 aliphatic carbocycles. The summed E-state index contributed by atoms with van der Waals surface area (Å²) in [5.41, 5.74) is -2.06. The lowest BCUT2D eigenvalue weighted by atomic mass is 10.1. The summed E-state index contributed by atoms with van der Waals surface area (Å²) >= 11 is 0. The van der Waals surface area contributed by atoms with Gasteiger partial charge in [0.1, 0.15) is 5.82 Å². The molecule has 1 amide bonds. The molecular weight excluding hydrogens is 290 g/mol. The highest BCUT2D eigenvalue weighted by Gasteiger charge is 2.35. The fourth-order valence-electron chi connectivity index (χ4n) is 1.79. The second-order valence-corrected chi connectivity index (χ2v) is 4.94. The first kappa shape index (κ1) is 15.8. The number of alkyl halides is 3. The van der Waals surface area contributed by atoms with Gasteiger partial charge in [-0.15, -0.1) is 0 Å². The first-order chi connectivity index (χ1) is 9.89. The smallest absolute Gasteiger partial charge is 0.379 e. The molecule has 116 valence electrons. The molecule has 0 atom stereocenters. The van der Waals surface area contributed by atoms with Crippen molar-refractivity contribution in [3.05, 3.63) is 35.1 Å². The van der Waals surface area contributed by atoms with Crippen LogP contribution in [0, 0.1) is 11.7 Å². The van der Waals surface area contributed by atoms with Gasteiger partial charge in [-0.25, -0.2) is 4.39 Å². The van der Waals surface area contributed by atoms with Crippen molar-refractivity contribution in [2.45, 2.75) is 19.0 Å². The van der Waals surface area contributed by atoms with E-state index in [0.29, 0.717) is 18.6 Å². The van der Waals surface area contributed by atoms with E-state index in [1.54, 1.807) is 0 Å². The Balaban J connectivity index is 1.89. The minimum Gasteiger partial charge on any atom is -0.379 e. The standard InChI is InChI=1S/C14H15F4NO2/c15-12-10(2-1-3-11(12)14(16,17)18)13(20)19-6-7-21-8-9-4-5-9/h1-3,9H,4-8H2,(H,19,20). The van der Waals surface area contributed by atoms with Crippen molar-refractivity contribution < 1.29 is 27.1 Å². The van der Waals surface area contributed by atoms with Crippen molar-refractivity contribution in [3.8, 4) is 0 Å². The molecule has 0 aliphatic heterocycles. The summed E-state index contributed by atoms with van der Waals surface area (Å²) in [6.45, 7) is 0.998. The van der Waals surface area contributed by atoms with E-state index in [1.807, 2.05) is 0 Å². The van der Waals surface area contributed by atoms with Crippen LogP contribution in [0.15, 0.2) is 18.2 Å². The molecule has 1 aliphatic rings. The van der Waals surface area contributed by atoms with Crippen LogP contribution in [-0.2, 0) is 10.9 Å². The molecule has 2 rings (SSSR count). The maximum atomic E-state index is 13.7. The van der Waals surface area contributed by atoms with Crippen LogP contribution in [0.1, 0.15) is 28.8 Å². The first-order valence-corrected chi connectivity index (χ1v) is 6.61. The van der Waals surface area contributed by atoms with Gasteiger partial charge < -0.3 is 10.1 Å². The van der Waals surface area contributed by atoms with Gasteiger partial charge in [0.05, 0.1) is 17.7 Å². The van der Waals surface area contributed by atoms with Crippen LogP contribution in [-0.4, -0.2) is 25.7 Å². The zero-order valence-electron chi connectivity index (χ0n) is 11.2. The number of carbonyl (C=O) groups excluding carboxylic acids is 1. The van der Waals surface area contributed by atoms with Gasteiger partial charge in [-0.3, -0.25) is 4.79 Å². The average Bonchev–Trinajstić information content (AvgIpc) is 3.21. The predicted octanol–water partition coefficient (Wildman–Crippen LogP) is 3.00. The number of amides is 1. The van der Waals surface area contributed by atoms with E-state index in [-0.39, 0.29) is 13.2 Å². The van der Waals surface area contributed by atoms with E-state index in [4.69, 9.17) is 4.74 Å². The molecule has 0 unspecified atom stereocenters. The summed E-state index contributed by atoms with van der Waals surface area (Å²) in [7, 11) is 0. The Hall–Kier alpha value is -1.63. The maximum absolute atomic E-state index is 13.7. The largest absolute Gasteiger partial charge is 0.419 e. The van der Waals surface area contributed by atoms with E-state index < -0.39 is 29.0 Å². The Morgan fingerprint density at radius 3 is 2.67 bits per heavy atom. The number of nitrogens with one attached hydrogen (secondary N) is 1. The van der Waals surface area contributed by atoms with E-state index in [2.05, 4.69) is 5.32 Å². The van der Waals surface area contributed by atoms with Crippen molar-refractivity contribution in [1.29, 1.82) is 0 Å². The maximum Gasteiger partial charge on any atom is 0.419 e. The Morgan fingerprint density at radius 1 is 1.33 bits per heavy atom. The minimum absolute atomic E-state index is 0.126. The van der Waals surface area contributed by atoms with Gasteiger partial charge >= 0.3 is 6.18 Å². The predicted molar refractivity (Wildman–Crippen MR) is 67.3 cm³/mol. The van der Waals surface area contributed by atoms with Crippen LogP contribution in [0.4, 0.5) is 17.6 Å². The van der Waals surface area contributed by atoms with Crippen molar-refractivity contribution in [2.24, 2.45) is 5.92 Å². The van der Waals surface area contributed by atoms with Gasteiger partial charge in [-0.05, 0) is 30.9 Å². The second kappa shape index (κ2) is 6.43. The summed E-state index contributed by atoms with van der Waals surface area (Å²) in [6, 6.07) is 2.63. The molecule has 21 heavy (non-hydrogen) atoms. The van der Waals surface area contributed by atoms with Gasteiger partial charge in [-0.1, -0.05) is 6.07 Å². The SMILES string of the molecule is O=C(NCCOCC1CC1)c1cccc(C(F)(F)F)c1F. The van der Waals surface area contributed by atoms with Gasteiger partial charge in [0.2, 0.25) is 0 Å². The van der Waals surface area contributed by atoms with Crippen LogP contribution in [0.3, 0.4) is 0 Å². The van der Waals surface area contributed by atoms with Crippen molar-refractivity contribution in [1.82, 2.24) is 5.32 Å². The molecule has 0 heterocycles. The molecule has 0 saturated heterocycles. The lowest BCUT2D eigenvalue weighted by molar-refractivity contribution is -0.140. The molecule has 0 bridgehead atoms. The monoisotopic (exact) mass is 305 g/mol. The summed E-state index contributed by atoms with van der Waals surface area (Å²) in [4.78, 5) is 11.7. The molecule has 0 spiro atoms. The molecule has 7 heteroatoms. The number of benzene rings is 1. The lowest BCUT2D eigenvalue weighted by Gasteiger charge is -2.11. The van der Waals surface area contributed by atoms with Crippen LogP contribution in [0.5, 0.6) is 0 Å². The van der Waals surface area contributed by atoms with E-state index in [0.717, 1.165) is 25.0 Å². The van der Waals surface area contributed by atoms with Gasteiger partial charge in [0.25, 0.3) is 5.91 Å². The van der Waals surface area contributed by atoms with Crippen molar-refractivity contribution >= 4 is 5.91 Å². The third-order valence-electron chi connectivity index (χ3n) is 3.13. The van der Waals surface area contributed by atoms with Crippen LogP contribution < -0.4 is 5.32 Å². The first-order valence-electron chi connectivity index (χ1n) is 6.61. The Kier molecular flexibility index (Phi) is 4.82. The van der Waals surface area contributed by atoms with Crippen LogP contribution in [0.2, 0.25) is 0 Å². The van der Waals surface area contributed by atoms with Gasteiger partial charge in [0.15, 0.2) is 0 Å². The Bertz CT molecular complexity index is 512. The third-order valence-corrected chi connectivity index (χ3v) is 3.13. The summed E-state index contributed by atoms with van der Waals surface area (Å²) in [5.74, 6) is -1.85. The number of rotatable bonds is 6. The molecule has 0 radical (unpaired) electrons. The topological polar surface area (TPSA) is 38.3 Å². The number of halogens is 4. The normalized spacial score (nSPS) is 15.0. The molecule has 0 aromatic heterocycles. The average molecular weight is 305 g/mol. The Morgan fingerprint density at radius 2 is 2.05 bits per heavy atom. The fourth-order valence-corrected chi connectivity index (χ4v) is 1.79. The molecule has 1 fully saturated rings. The van der Waals surface area contributed by atoms with E-state index in [1.165, 1.54) is 0 Å². The highest BCUT2D eigenvalue weighted by Crippen LogP contribution is 2.32. The molecular formula is C14H15F4NO2. The zero-order chi connectivity index (χ0) is 15.5. The third kappa shape index (κ3) is 4.42. The minimum atomic E-state index is -4.83. The number of hydrogen-bond donors (Lipinski definition) is 1. The van der Waals surface area contributed by atoms with Crippen LogP contribution in [0.25, 0.3) is 0 Å². The Labute approximate surface area is 119 Å². The number of ether oxygens (including phenoxy) is 1. The molecule has 1 N–H and O–H groups in total. The van der Waals surface area contributed by atoms with Crippen LogP contribution >= 0.6 is 0 Å². The summed E-state index contributed by atoms with van der Waals surface area (Å²) < 4.78 is 56.6. The van der Waals surface area contributed by atoms with Crippen molar-refractivity contribution in [2.75, 3.05) is 19.8 Å². The molecule has 1 aromatic rings. The molecule has 3 nitrogen and oxygen atoms in total. The van der Waals surface area contributed by atoms with E-state index >= 15 is 0 Å². The number of carbonyl (C=O) groups is 1. The summed E-state index contributed by atoms with van der Waals surface area (Å²) in [6.07, 6.45) is -2.54. The van der Waals surface area contributed by atoms with E-state index in [9.17, 15) is 22.4 Å². The fraction of sp³-hybridized carbons (Fsp3) is 0.500.